The predicted molar refractivity (Wildman–Crippen MR) is 89.7 cm³/mol. The topological polar surface area (TPSA) is 99.3 Å². The van der Waals surface area contributed by atoms with Gasteiger partial charge in [-0.1, -0.05) is 0 Å². The number of anilines is 1. The van der Waals surface area contributed by atoms with Crippen molar-refractivity contribution in [3.63, 3.8) is 0 Å². The van der Waals surface area contributed by atoms with Crippen molar-refractivity contribution in [1.29, 1.82) is 5.26 Å². The van der Waals surface area contributed by atoms with Crippen LogP contribution in [0.15, 0.2) is 29.6 Å². The fraction of sp³-hybridized carbons (Fsp3) is 0.250. The number of nitrogens with zero attached hydrogens (tertiary/aromatic N) is 3. The van der Waals surface area contributed by atoms with Gasteiger partial charge in [0, 0.05) is 24.0 Å². The highest BCUT2D eigenvalue weighted by Gasteiger charge is 2.22. The number of benzene rings is 1. The molecule has 0 saturated heterocycles. The number of carbonyl (C=O) groups excluding carboxylic acids is 1. The van der Waals surface area contributed by atoms with Gasteiger partial charge in [0.1, 0.15) is 5.69 Å². The SMILES string of the molecule is N#Cc1ccc(NCC(=O)N2CCc3sccc3C2)c([N+](=O)[O-])c1. The Balaban J connectivity index is 1.67. The molecule has 8 heteroatoms. The molecule has 0 bridgehead atoms. The summed E-state index contributed by atoms with van der Waals surface area (Å²) in [6, 6.07) is 8.03. The number of amides is 1. The summed E-state index contributed by atoms with van der Waals surface area (Å²) in [5.41, 5.74) is 1.41. The lowest BCUT2D eigenvalue weighted by atomic mass is 10.1. The molecule has 0 saturated carbocycles. The van der Waals surface area contributed by atoms with Crippen LogP contribution in [0.5, 0.6) is 0 Å². The van der Waals surface area contributed by atoms with E-state index in [9.17, 15) is 14.9 Å². The number of rotatable bonds is 4. The lowest BCUT2D eigenvalue weighted by Crippen LogP contribution is -2.38. The molecule has 2 aromatic rings. The van der Waals surface area contributed by atoms with Crippen LogP contribution in [0.25, 0.3) is 0 Å². The summed E-state index contributed by atoms with van der Waals surface area (Å²) < 4.78 is 0. The van der Waals surface area contributed by atoms with Crippen LogP contribution >= 0.6 is 11.3 Å². The standard InChI is InChI=1S/C16H14N4O3S/c17-8-11-1-2-13(14(7-11)20(22)23)18-9-16(21)19-5-3-15-12(10-19)4-6-24-15/h1-2,4,6-7,18H,3,5,9-10H2. The molecular formula is C16H14N4O3S. The van der Waals surface area contributed by atoms with Gasteiger partial charge in [0.15, 0.2) is 0 Å². The van der Waals surface area contributed by atoms with Crippen LogP contribution in [0.2, 0.25) is 0 Å². The van der Waals surface area contributed by atoms with E-state index in [4.69, 9.17) is 5.26 Å². The van der Waals surface area contributed by atoms with Crippen molar-refractivity contribution in [3.05, 3.63) is 55.8 Å². The van der Waals surface area contributed by atoms with Crippen LogP contribution < -0.4 is 5.32 Å². The van der Waals surface area contributed by atoms with Gasteiger partial charge >= 0.3 is 0 Å². The van der Waals surface area contributed by atoms with Crippen LogP contribution in [-0.4, -0.2) is 28.8 Å². The number of thiophene rings is 1. The Bertz CT molecular complexity index is 840. The Hall–Kier alpha value is -2.92. The van der Waals surface area contributed by atoms with E-state index in [-0.39, 0.29) is 29.4 Å². The lowest BCUT2D eigenvalue weighted by Gasteiger charge is -2.27. The molecular weight excluding hydrogens is 328 g/mol. The molecule has 0 radical (unpaired) electrons. The number of carbonyl (C=O) groups is 1. The first-order valence-electron chi connectivity index (χ1n) is 7.34. The Kier molecular flexibility index (Phi) is 4.44. The Morgan fingerprint density at radius 3 is 3.04 bits per heavy atom. The maximum Gasteiger partial charge on any atom is 0.293 e. The number of nitrogens with one attached hydrogen (secondary N) is 1. The number of hydrogen-bond donors (Lipinski definition) is 1. The fourth-order valence-corrected chi connectivity index (χ4v) is 3.54. The molecule has 0 aliphatic carbocycles. The van der Waals surface area contributed by atoms with E-state index in [2.05, 4.69) is 5.32 Å². The van der Waals surface area contributed by atoms with Gasteiger partial charge in [0.05, 0.1) is 23.1 Å². The Morgan fingerprint density at radius 1 is 1.46 bits per heavy atom. The quantitative estimate of drug-likeness (QED) is 0.680. The number of nitro groups is 1. The highest BCUT2D eigenvalue weighted by Crippen LogP contribution is 2.26. The van der Waals surface area contributed by atoms with Gasteiger partial charge in [0.2, 0.25) is 5.91 Å². The molecule has 0 spiro atoms. The molecule has 1 amide bonds. The second-order valence-electron chi connectivity index (χ2n) is 5.39. The molecule has 0 unspecified atom stereocenters. The van der Waals surface area contributed by atoms with Crippen molar-refractivity contribution in [1.82, 2.24) is 4.90 Å². The van der Waals surface area contributed by atoms with Crippen LogP contribution in [0.1, 0.15) is 16.0 Å². The first kappa shape index (κ1) is 16.0. The molecule has 1 aliphatic heterocycles. The first-order valence-corrected chi connectivity index (χ1v) is 8.22. The van der Waals surface area contributed by atoms with Crippen molar-refractivity contribution in [2.45, 2.75) is 13.0 Å². The van der Waals surface area contributed by atoms with E-state index in [1.165, 1.54) is 28.6 Å². The van der Waals surface area contributed by atoms with Gasteiger partial charge in [-0.2, -0.15) is 5.26 Å². The van der Waals surface area contributed by atoms with Gasteiger partial charge in [-0.05, 0) is 35.6 Å². The van der Waals surface area contributed by atoms with E-state index in [1.54, 1.807) is 16.2 Å². The van der Waals surface area contributed by atoms with Crippen molar-refractivity contribution < 1.29 is 9.72 Å². The van der Waals surface area contributed by atoms with Gasteiger partial charge in [-0.15, -0.1) is 11.3 Å². The van der Waals surface area contributed by atoms with E-state index < -0.39 is 4.92 Å². The van der Waals surface area contributed by atoms with Crippen LogP contribution in [0.3, 0.4) is 0 Å². The third kappa shape index (κ3) is 3.21. The smallest absolute Gasteiger partial charge is 0.293 e. The average molecular weight is 342 g/mol. The van der Waals surface area contributed by atoms with Crippen LogP contribution in [0, 0.1) is 21.4 Å². The van der Waals surface area contributed by atoms with E-state index in [0.29, 0.717) is 13.1 Å². The summed E-state index contributed by atoms with van der Waals surface area (Å²) in [4.78, 5) is 26.0. The minimum absolute atomic E-state index is 0.0216. The van der Waals surface area contributed by atoms with E-state index in [1.807, 2.05) is 17.5 Å². The minimum Gasteiger partial charge on any atom is -0.371 e. The average Bonchev–Trinajstić information content (AvgIpc) is 3.07. The zero-order chi connectivity index (χ0) is 17.1. The van der Waals surface area contributed by atoms with Crippen molar-refractivity contribution >= 4 is 28.6 Å². The molecule has 3 rings (SSSR count). The molecule has 1 aromatic heterocycles. The Labute approximate surface area is 142 Å². The molecule has 0 fully saturated rings. The summed E-state index contributed by atoms with van der Waals surface area (Å²) in [5, 5.41) is 24.8. The highest BCUT2D eigenvalue weighted by atomic mass is 32.1. The molecule has 7 nitrogen and oxygen atoms in total. The van der Waals surface area contributed by atoms with E-state index >= 15 is 0 Å². The largest absolute Gasteiger partial charge is 0.371 e. The van der Waals surface area contributed by atoms with Gasteiger partial charge in [-0.25, -0.2) is 0 Å². The second kappa shape index (κ2) is 6.68. The zero-order valence-corrected chi connectivity index (χ0v) is 13.5. The number of nitriles is 1. The lowest BCUT2D eigenvalue weighted by molar-refractivity contribution is -0.384. The summed E-state index contributed by atoms with van der Waals surface area (Å²) in [6.45, 7) is 1.21. The summed E-state index contributed by atoms with van der Waals surface area (Å²) >= 11 is 1.70. The summed E-state index contributed by atoms with van der Waals surface area (Å²) in [5.74, 6) is -0.106. The second-order valence-corrected chi connectivity index (χ2v) is 6.39. The monoisotopic (exact) mass is 342 g/mol. The molecule has 1 N–H and O–H groups in total. The Morgan fingerprint density at radius 2 is 2.29 bits per heavy atom. The zero-order valence-electron chi connectivity index (χ0n) is 12.7. The van der Waals surface area contributed by atoms with Gasteiger partial charge < -0.3 is 10.2 Å². The fourth-order valence-electron chi connectivity index (χ4n) is 2.65. The summed E-state index contributed by atoms with van der Waals surface area (Å²) in [7, 11) is 0. The maximum atomic E-state index is 12.4. The predicted octanol–water partition coefficient (Wildman–Crippen LogP) is 2.52. The molecule has 2 heterocycles. The van der Waals surface area contributed by atoms with Crippen molar-refractivity contribution in [2.75, 3.05) is 18.4 Å². The number of nitro benzene ring substituents is 1. The molecule has 1 aliphatic rings. The normalized spacial score (nSPS) is 13.0. The third-order valence-corrected chi connectivity index (χ3v) is 4.94. The first-order chi connectivity index (χ1) is 11.6. The van der Waals surface area contributed by atoms with Crippen molar-refractivity contribution in [3.8, 4) is 6.07 Å². The van der Waals surface area contributed by atoms with Crippen LogP contribution in [0.4, 0.5) is 11.4 Å². The molecule has 0 atom stereocenters. The molecule has 24 heavy (non-hydrogen) atoms. The number of hydrogen-bond acceptors (Lipinski definition) is 6. The van der Waals surface area contributed by atoms with E-state index in [0.717, 1.165) is 6.42 Å². The highest BCUT2D eigenvalue weighted by molar-refractivity contribution is 7.10. The molecule has 1 aromatic carbocycles. The third-order valence-electron chi connectivity index (χ3n) is 3.91. The summed E-state index contributed by atoms with van der Waals surface area (Å²) in [6.07, 6.45) is 0.843. The maximum absolute atomic E-state index is 12.4. The minimum atomic E-state index is -0.563. The van der Waals surface area contributed by atoms with Gasteiger partial charge in [0.25, 0.3) is 5.69 Å². The molecule has 122 valence electrons. The van der Waals surface area contributed by atoms with Crippen molar-refractivity contribution in [2.24, 2.45) is 0 Å². The van der Waals surface area contributed by atoms with Gasteiger partial charge in [-0.3, -0.25) is 14.9 Å². The van der Waals surface area contributed by atoms with Crippen LogP contribution in [-0.2, 0) is 17.8 Å². The number of fused-ring (bicyclic) bond motifs is 1.